The maximum atomic E-state index is 11.5. The predicted octanol–water partition coefficient (Wildman–Crippen LogP) is 4.22. The van der Waals surface area contributed by atoms with Crippen LogP contribution in [0.4, 0.5) is 0 Å². The molecule has 5 heteroatoms. The van der Waals surface area contributed by atoms with Gasteiger partial charge in [0.05, 0.1) is 6.10 Å². The van der Waals surface area contributed by atoms with E-state index >= 15 is 0 Å². The van der Waals surface area contributed by atoms with Gasteiger partial charge in [0.1, 0.15) is 0 Å². The first-order chi connectivity index (χ1) is 12.8. The number of fused-ring (bicyclic) bond motifs is 5. The molecule has 0 bridgehead atoms. The average molecular weight is 392 g/mol. The van der Waals surface area contributed by atoms with Crippen molar-refractivity contribution in [2.75, 3.05) is 0 Å². The second-order valence-corrected chi connectivity index (χ2v) is 10.8. The van der Waals surface area contributed by atoms with Crippen LogP contribution >= 0.6 is 12.2 Å². The molecule has 0 heterocycles. The van der Waals surface area contributed by atoms with Crippen LogP contribution in [0.25, 0.3) is 0 Å². The van der Waals surface area contributed by atoms with Crippen molar-refractivity contribution in [3.05, 3.63) is 0 Å². The highest BCUT2D eigenvalue weighted by molar-refractivity contribution is 7.80. The molecule has 0 amide bonds. The third kappa shape index (κ3) is 2.95. The van der Waals surface area contributed by atoms with E-state index in [-0.39, 0.29) is 16.6 Å². The van der Waals surface area contributed by atoms with Crippen LogP contribution in [0.3, 0.4) is 0 Å². The Morgan fingerprint density at radius 3 is 2.63 bits per heavy atom. The van der Waals surface area contributed by atoms with Crippen LogP contribution in [0.1, 0.15) is 78.6 Å². The van der Waals surface area contributed by atoms with E-state index in [2.05, 4.69) is 31.3 Å². The van der Waals surface area contributed by atoms with Gasteiger partial charge in [0.15, 0.2) is 5.11 Å². The molecular formula is C22H37N3OS. The van der Waals surface area contributed by atoms with Gasteiger partial charge in [-0.3, -0.25) is 5.43 Å². The summed E-state index contributed by atoms with van der Waals surface area (Å²) in [5.74, 6) is 3.30. The lowest BCUT2D eigenvalue weighted by molar-refractivity contribution is -0.157. The molecule has 8 unspecified atom stereocenters. The quantitative estimate of drug-likeness (QED) is 0.374. The maximum Gasteiger partial charge on any atom is 0.184 e. The zero-order valence-corrected chi connectivity index (χ0v) is 18.0. The normalized spacial score (nSPS) is 49.7. The number of hydrazone groups is 1. The molecule has 4 aliphatic rings. The SMILES string of the molecule is C/C(=N/NC(N)=S)C1CCC2C3CCC4CCCCC4(C)C3CC(O)C12C. The Hall–Kier alpha value is -0.680. The lowest BCUT2D eigenvalue weighted by Crippen LogP contribution is -2.58. The Morgan fingerprint density at radius 1 is 1.11 bits per heavy atom. The summed E-state index contributed by atoms with van der Waals surface area (Å²) in [6, 6.07) is 0. The Morgan fingerprint density at radius 2 is 1.89 bits per heavy atom. The zero-order valence-electron chi connectivity index (χ0n) is 17.2. The second kappa shape index (κ2) is 6.98. The number of nitrogens with one attached hydrogen (secondary N) is 1. The Balaban J connectivity index is 1.62. The van der Waals surface area contributed by atoms with Gasteiger partial charge in [-0.25, -0.2) is 0 Å². The summed E-state index contributed by atoms with van der Waals surface area (Å²) in [5.41, 5.74) is 9.76. The predicted molar refractivity (Wildman–Crippen MR) is 114 cm³/mol. The van der Waals surface area contributed by atoms with Gasteiger partial charge in [0.2, 0.25) is 0 Å². The zero-order chi connectivity index (χ0) is 19.4. The van der Waals surface area contributed by atoms with Crippen molar-refractivity contribution >= 4 is 23.0 Å². The first-order valence-corrected chi connectivity index (χ1v) is 11.5. The first-order valence-electron chi connectivity index (χ1n) is 11.1. The van der Waals surface area contributed by atoms with Crippen LogP contribution in [0, 0.1) is 40.4 Å². The molecule has 152 valence electrons. The number of nitrogens with zero attached hydrogens (tertiary/aromatic N) is 1. The number of nitrogens with two attached hydrogens (primary N) is 1. The molecule has 27 heavy (non-hydrogen) atoms. The smallest absolute Gasteiger partial charge is 0.184 e. The lowest BCUT2D eigenvalue weighted by Gasteiger charge is -2.61. The topological polar surface area (TPSA) is 70.6 Å². The van der Waals surface area contributed by atoms with Crippen molar-refractivity contribution in [3.8, 4) is 0 Å². The van der Waals surface area contributed by atoms with E-state index in [0.717, 1.165) is 30.4 Å². The van der Waals surface area contributed by atoms with Gasteiger partial charge in [-0.15, -0.1) is 0 Å². The molecule has 8 atom stereocenters. The minimum Gasteiger partial charge on any atom is -0.393 e. The van der Waals surface area contributed by atoms with Crippen molar-refractivity contribution in [2.24, 2.45) is 51.3 Å². The molecule has 0 spiro atoms. The molecule has 0 radical (unpaired) electrons. The monoisotopic (exact) mass is 391 g/mol. The van der Waals surface area contributed by atoms with E-state index in [4.69, 9.17) is 18.0 Å². The number of thiocarbonyl (C=S) groups is 1. The average Bonchev–Trinajstić information content (AvgIpc) is 2.99. The van der Waals surface area contributed by atoms with Gasteiger partial charge in [0.25, 0.3) is 0 Å². The molecule has 4 nitrogen and oxygen atoms in total. The van der Waals surface area contributed by atoms with E-state index < -0.39 is 0 Å². The Kier molecular flexibility index (Phi) is 5.07. The van der Waals surface area contributed by atoms with Gasteiger partial charge >= 0.3 is 0 Å². The summed E-state index contributed by atoms with van der Waals surface area (Å²) in [6.45, 7) is 6.97. The minimum atomic E-state index is -0.233. The highest BCUT2D eigenvalue weighted by Crippen LogP contribution is 2.67. The van der Waals surface area contributed by atoms with Crippen molar-refractivity contribution < 1.29 is 5.11 Å². The van der Waals surface area contributed by atoms with Crippen molar-refractivity contribution in [2.45, 2.75) is 84.7 Å². The molecule has 0 aliphatic heterocycles. The molecule has 4 rings (SSSR count). The maximum absolute atomic E-state index is 11.5. The van der Waals surface area contributed by atoms with Crippen LogP contribution in [0.2, 0.25) is 0 Å². The fourth-order valence-electron chi connectivity index (χ4n) is 8.16. The lowest BCUT2D eigenvalue weighted by atomic mass is 9.44. The van der Waals surface area contributed by atoms with E-state index in [1.807, 2.05) is 0 Å². The summed E-state index contributed by atoms with van der Waals surface area (Å²) in [7, 11) is 0. The summed E-state index contributed by atoms with van der Waals surface area (Å²) in [6.07, 6.45) is 11.4. The number of hydrogen-bond acceptors (Lipinski definition) is 3. The molecule has 0 aromatic carbocycles. The number of hydrogen-bond donors (Lipinski definition) is 3. The molecule has 4 aliphatic carbocycles. The summed E-state index contributed by atoms with van der Waals surface area (Å²) in [5, 5.41) is 16.1. The van der Waals surface area contributed by atoms with Gasteiger partial charge < -0.3 is 10.8 Å². The molecule has 4 N–H and O–H groups in total. The van der Waals surface area contributed by atoms with Crippen molar-refractivity contribution in [1.82, 2.24) is 5.43 Å². The number of rotatable bonds is 2. The highest BCUT2D eigenvalue weighted by atomic mass is 32.1. The Bertz CT molecular complexity index is 637. The van der Waals surface area contributed by atoms with E-state index in [0.29, 0.717) is 23.2 Å². The summed E-state index contributed by atoms with van der Waals surface area (Å²) < 4.78 is 0. The molecular weight excluding hydrogens is 354 g/mol. The van der Waals surface area contributed by atoms with Gasteiger partial charge in [-0.05, 0) is 93.2 Å². The van der Waals surface area contributed by atoms with Crippen molar-refractivity contribution in [1.29, 1.82) is 0 Å². The second-order valence-electron chi connectivity index (χ2n) is 10.4. The van der Waals surface area contributed by atoms with E-state index in [1.54, 1.807) is 0 Å². The van der Waals surface area contributed by atoms with Gasteiger partial charge in [-0.1, -0.05) is 26.7 Å². The first kappa shape index (κ1) is 19.6. The van der Waals surface area contributed by atoms with Gasteiger partial charge in [0, 0.05) is 17.0 Å². The molecule has 0 aromatic rings. The molecule has 0 saturated heterocycles. The van der Waals surface area contributed by atoms with Gasteiger partial charge in [-0.2, -0.15) is 5.10 Å². The Labute approximate surface area is 169 Å². The van der Waals surface area contributed by atoms with Crippen LogP contribution < -0.4 is 11.2 Å². The minimum absolute atomic E-state index is 0.0650. The molecule has 0 aromatic heterocycles. The number of aliphatic hydroxyl groups excluding tert-OH is 1. The summed E-state index contributed by atoms with van der Waals surface area (Å²) >= 11 is 4.91. The number of aliphatic hydroxyl groups is 1. The van der Waals surface area contributed by atoms with Crippen LogP contribution in [-0.4, -0.2) is 22.0 Å². The van der Waals surface area contributed by atoms with E-state index in [9.17, 15) is 5.11 Å². The molecule has 4 fully saturated rings. The van der Waals surface area contributed by atoms with Crippen LogP contribution in [0.15, 0.2) is 5.10 Å². The largest absolute Gasteiger partial charge is 0.393 e. The standard InChI is InChI=1S/C22H37N3OS/c1-13(24-25-20(23)27)16-9-10-17-15-8-7-14-6-4-5-11-21(14,2)18(15)12-19(26)22(16,17)3/h14-19,26H,4-12H2,1-3H3,(H3,23,25,27)/b24-13-. The van der Waals surface area contributed by atoms with Crippen LogP contribution in [0.5, 0.6) is 0 Å². The molecule has 4 saturated carbocycles. The highest BCUT2D eigenvalue weighted by Gasteiger charge is 2.63. The fraction of sp³-hybridized carbons (Fsp3) is 0.909. The van der Waals surface area contributed by atoms with Crippen LogP contribution in [-0.2, 0) is 0 Å². The van der Waals surface area contributed by atoms with Crippen molar-refractivity contribution in [3.63, 3.8) is 0 Å². The van der Waals surface area contributed by atoms with E-state index in [1.165, 1.54) is 44.9 Å². The third-order valence-electron chi connectivity index (χ3n) is 9.54. The summed E-state index contributed by atoms with van der Waals surface area (Å²) in [4.78, 5) is 0. The fourth-order valence-corrected chi connectivity index (χ4v) is 8.20. The third-order valence-corrected chi connectivity index (χ3v) is 9.63.